The first-order chi connectivity index (χ1) is 16.6. The fraction of sp³-hybridized carbons (Fsp3) is 0.480. The lowest BCUT2D eigenvalue weighted by atomic mass is 10.1. The Morgan fingerprint density at radius 1 is 1.26 bits per heavy atom. The molecule has 0 saturated heterocycles. The van der Waals surface area contributed by atoms with Gasteiger partial charge in [0, 0.05) is 38.5 Å². The fourth-order valence-corrected chi connectivity index (χ4v) is 6.10. The number of benzene rings is 2. The molecule has 192 valence electrons. The molecule has 0 bridgehead atoms. The van der Waals surface area contributed by atoms with Crippen LogP contribution in [0.15, 0.2) is 52.3 Å². The minimum atomic E-state index is -3.85. The molecule has 0 spiro atoms. The van der Waals surface area contributed by atoms with Gasteiger partial charge in [0.1, 0.15) is 17.3 Å². The number of methoxy groups -OCH3 is 1. The molecule has 35 heavy (non-hydrogen) atoms. The van der Waals surface area contributed by atoms with Crippen LogP contribution >= 0.6 is 11.8 Å². The number of aliphatic carboxylic acids is 1. The minimum Gasteiger partial charge on any atom is -0.489 e. The van der Waals surface area contributed by atoms with Crippen LogP contribution in [0.1, 0.15) is 33.1 Å². The number of nitrogens with zero attached hydrogens (tertiary/aromatic N) is 2. The van der Waals surface area contributed by atoms with Gasteiger partial charge in [-0.2, -0.15) is 4.31 Å². The Labute approximate surface area is 212 Å². The zero-order chi connectivity index (χ0) is 25.8. The largest absolute Gasteiger partial charge is 0.489 e. The van der Waals surface area contributed by atoms with Crippen molar-refractivity contribution in [2.45, 2.75) is 54.5 Å². The summed E-state index contributed by atoms with van der Waals surface area (Å²) in [7, 11) is -0.915. The van der Waals surface area contributed by atoms with E-state index >= 15 is 0 Å². The van der Waals surface area contributed by atoms with Gasteiger partial charge in [-0.15, -0.1) is 11.8 Å². The molecule has 1 N–H and O–H groups in total. The number of ether oxygens (including phenoxy) is 2. The van der Waals surface area contributed by atoms with E-state index in [0.29, 0.717) is 22.9 Å². The van der Waals surface area contributed by atoms with E-state index in [-0.39, 0.29) is 17.5 Å². The highest BCUT2D eigenvalue weighted by Gasteiger charge is 2.38. The van der Waals surface area contributed by atoms with Gasteiger partial charge in [0.25, 0.3) is 0 Å². The summed E-state index contributed by atoms with van der Waals surface area (Å²) in [4.78, 5) is 14.5. The molecule has 10 heteroatoms. The van der Waals surface area contributed by atoms with Crippen LogP contribution in [-0.2, 0) is 19.6 Å². The summed E-state index contributed by atoms with van der Waals surface area (Å²) in [5.74, 6) is -0.861. The van der Waals surface area contributed by atoms with Crippen molar-refractivity contribution in [3.05, 3.63) is 42.5 Å². The average Bonchev–Trinajstić information content (AvgIpc) is 2.94. The summed E-state index contributed by atoms with van der Waals surface area (Å²) in [5, 5.41) is 9.53. The molecule has 1 heterocycles. The highest BCUT2D eigenvalue weighted by atomic mass is 32.2. The van der Waals surface area contributed by atoms with Gasteiger partial charge in [0.2, 0.25) is 10.0 Å². The van der Waals surface area contributed by atoms with E-state index in [0.717, 1.165) is 24.9 Å². The molecule has 8 nitrogen and oxygen atoms in total. The number of hydrogen-bond donors (Lipinski definition) is 1. The molecule has 2 atom stereocenters. The van der Waals surface area contributed by atoms with Crippen LogP contribution in [0.2, 0.25) is 0 Å². The van der Waals surface area contributed by atoms with Crippen LogP contribution in [0.25, 0.3) is 0 Å². The molecule has 2 aromatic carbocycles. The second kappa shape index (κ2) is 11.2. The number of carbonyl (C=O) groups is 1. The van der Waals surface area contributed by atoms with Crippen molar-refractivity contribution >= 4 is 39.1 Å². The first kappa shape index (κ1) is 27.3. The number of likely N-dealkylation sites (N-methyl/N-ethyl adjacent to an activating group) is 1. The molecule has 2 aromatic rings. The zero-order valence-electron chi connectivity index (χ0n) is 20.9. The lowest BCUT2D eigenvalue weighted by Crippen LogP contribution is -2.43. The summed E-state index contributed by atoms with van der Waals surface area (Å²) in [6.07, 6.45) is 4.50. The third-order valence-corrected chi connectivity index (χ3v) is 9.16. The maximum absolute atomic E-state index is 13.8. The number of carboxylic acid groups (broad SMARTS) is 1. The Kier molecular flexibility index (Phi) is 8.74. The molecular formula is C25H34N2O6S2. The molecule has 0 unspecified atom stereocenters. The third kappa shape index (κ3) is 5.61. The minimum absolute atomic E-state index is 0.130. The first-order valence-electron chi connectivity index (χ1n) is 11.5. The monoisotopic (exact) mass is 522 g/mol. The molecule has 1 aliphatic rings. The molecule has 0 amide bonds. The van der Waals surface area contributed by atoms with E-state index in [1.54, 1.807) is 7.05 Å². The van der Waals surface area contributed by atoms with Crippen molar-refractivity contribution in [1.29, 1.82) is 0 Å². The van der Waals surface area contributed by atoms with Crippen molar-refractivity contribution in [2.24, 2.45) is 0 Å². The zero-order valence-corrected chi connectivity index (χ0v) is 22.5. The molecule has 0 radical (unpaired) electrons. The standard InChI is InChI=1S/C25H34N2O6S2/c1-6-7-11-19-16-27(18-12-9-8-10-13-18)20-14-22(34-5)21(15-23(20)35(30,31)26(19)3)33-17-25(2,32-4)24(28)29/h8-10,12-15,19H,6-7,11,16-17H2,1-5H3,(H,28,29)/t19-,25+/m0/s1. The summed E-state index contributed by atoms with van der Waals surface area (Å²) in [6, 6.07) is 12.9. The fourth-order valence-electron chi connectivity index (χ4n) is 3.98. The summed E-state index contributed by atoms with van der Waals surface area (Å²) >= 11 is 1.41. The molecule has 0 fully saturated rings. The second-order valence-electron chi connectivity index (χ2n) is 8.76. The first-order valence-corrected chi connectivity index (χ1v) is 14.2. The second-order valence-corrected chi connectivity index (χ2v) is 11.6. The summed E-state index contributed by atoms with van der Waals surface area (Å²) in [5.41, 5.74) is -0.0924. The van der Waals surface area contributed by atoms with Crippen molar-refractivity contribution < 1.29 is 27.8 Å². The maximum Gasteiger partial charge on any atom is 0.339 e. The lowest BCUT2D eigenvalue weighted by molar-refractivity contribution is -0.163. The van der Waals surface area contributed by atoms with E-state index in [9.17, 15) is 18.3 Å². The molecule has 0 aromatic heterocycles. The molecule has 1 aliphatic heterocycles. The van der Waals surface area contributed by atoms with Crippen LogP contribution in [0.4, 0.5) is 11.4 Å². The number of carboxylic acids is 1. The number of rotatable bonds is 10. The van der Waals surface area contributed by atoms with Crippen molar-refractivity contribution in [2.75, 3.05) is 38.5 Å². The predicted octanol–water partition coefficient (Wildman–Crippen LogP) is 4.61. The van der Waals surface area contributed by atoms with Gasteiger partial charge in [-0.25, -0.2) is 13.2 Å². The van der Waals surface area contributed by atoms with Crippen LogP contribution in [0.5, 0.6) is 5.75 Å². The van der Waals surface area contributed by atoms with Crippen molar-refractivity contribution in [3.8, 4) is 5.75 Å². The SMILES string of the molecule is CCCC[C@H]1CN(c2ccccc2)c2cc(SC)c(OC[C@@](C)(OC)C(=O)O)cc2S(=O)(=O)N1C. The predicted molar refractivity (Wildman–Crippen MR) is 138 cm³/mol. The topological polar surface area (TPSA) is 96.4 Å². The van der Waals surface area contributed by atoms with E-state index < -0.39 is 21.6 Å². The number of unbranched alkanes of at least 4 members (excludes halogenated alkanes) is 1. The van der Waals surface area contributed by atoms with E-state index in [4.69, 9.17) is 9.47 Å². The van der Waals surface area contributed by atoms with Gasteiger partial charge in [-0.05, 0) is 37.8 Å². The van der Waals surface area contributed by atoms with Crippen LogP contribution in [0, 0.1) is 0 Å². The Balaban J connectivity index is 2.16. The van der Waals surface area contributed by atoms with E-state index in [2.05, 4.69) is 11.8 Å². The van der Waals surface area contributed by atoms with E-state index in [1.807, 2.05) is 42.7 Å². The van der Waals surface area contributed by atoms with Gasteiger partial charge < -0.3 is 19.5 Å². The van der Waals surface area contributed by atoms with Crippen LogP contribution in [0.3, 0.4) is 0 Å². The van der Waals surface area contributed by atoms with Gasteiger partial charge >= 0.3 is 5.97 Å². The normalized spacial score (nSPS) is 19.5. The van der Waals surface area contributed by atoms with Crippen molar-refractivity contribution in [1.82, 2.24) is 4.31 Å². The van der Waals surface area contributed by atoms with E-state index in [1.165, 1.54) is 36.2 Å². The van der Waals surface area contributed by atoms with Gasteiger partial charge in [-0.1, -0.05) is 38.0 Å². The Morgan fingerprint density at radius 3 is 2.51 bits per heavy atom. The number of anilines is 2. The van der Waals surface area contributed by atoms with Gasteiger partial charge in [-0.3, -0.25) is 0 Å². The average molecular weight is 523 g/mol. The number of para-hydroxylation sites is 1. The smallest absolute Gasteiger partial charge is 0.339 e. The van der Waals surface area contributed by atoms with Crippen LogP contribution in [-0.4, -0.2) is 69.0 Å². The maximum atomic E-state index is 13.8. The quantitative estimate of drug-likeness (QED) is 0.452. The molecule has 0 saturated carbocycles. The van der Waals surface area contributed by atoms with Crippen LogP contribution < -0.4 is 9.64 Å². The lowest BCUT2D eigenvalue weighted by Gasteiger charge is -2.29. The van der Waals surface area contributed by atoms with Gasteiger partial charge in [0.05, 0.1) is 10.6 Å². The summed E-state index contributed by atoms with van der Waals surface area (Å²) in [6.45, 7) is 3.75. The van der Waals surface area contributed by atoms with Crippen molar-refractivity contribution in [3.63, 3.8) is 0 Å². The number of sulfonamides is 1. The molecule has 0 aliphatic carbocycles. The number of thioether (sulfide) groups is 1. The molecule has 3 rings (SSSR count). The third-order valence-electron chi connectivity index (χ3n) is 6.47. The Hall–Kier alpha value is -2.27. The summed E-state index contributed by atoms with van der Waals surface area (Å²) < 4.78 is 40.1. The Morgan fingerprint density at radius 2 is 1.94 bits per heavy atom. The number of hydrogen-bond acceptors (Lipinski definition) is 7. The highest BCUT2D eigenvalue weighted by Crippen LogP contribution is 2.43. The molecular weight excluding hydrogens is 488 g/mol. The highest BCUT2D eigenvalue weighted by molar-refractivity contribution is 7.98. The van der Waals surface area contributed by atoms with Gasteiger partial charge in [0.15, 0.2) is 5.60 Å². The Bertz CT molecular complexity index is 1140. The number of fused-ring (bicyclic) bond motifs is 1.